The molecule has 7 nitrogen and oxygen atoms in total. The molecule has 1 aliphatic heterocycles. The van der Waals surface area contributed by atoms with Gasteiger partial charge >= 0.3 is 5.97 Å². The van der Waals surface area contributed by atoms with Crippen LogP contribution in [0.5, 0.6) is 0 Å². The van der Waals surface area contributed by atoms with E-state index in [1.165, 1.54) is 24.3 Å². The summed E-state index contributed by atoms with van der Waals surface area (Å²) in [5, 5.41) is 22.1. The topological polar surface area (TPSA) is 107 Å². The van der Waals surface area contributed by atoms with E-state index in [2.05, 4.69) is 19.2 Å². The smallest absolute Gasteiger partial charge is 0.335 e. The lowest BCUT2D eigenvalue weighted by molar-refractivity contribution is -0.137. The quantitative estimate of drug-likeness (QED) is 0.616. The van der Waals surface area contributed by atoms with Gasteiger partial charge in [0.1, 0.15) is 6.04 Å². The lowest BCUT2D eigenvalue weighted by atomic mass is 9.70. The molecular formula is C24H27ClN2O5. The van der Waals surface area contributed by atoms with E-state index in [4.69, 9.17) is 16.7 Å². The predicted octanol–water partition coefficient (Wildman–Crippen LogP) is 3.17. The average Bonchev–Trinajstić information content (AvgIpc) is 2.77. The number of aromatic carboxylic acids is 1. The molecule has 0 aromatic heterocycles. The van der Waals surface area contributed by atoms with Crippen molar-refractivity contribution in [2.45, 2.75) is 32.2 Å². The molecule has 0 bridgehead atoms. The first-order valence-electron chi connectivity index (χ1n) is 10.4. The first-order valence-corrected chi connectivity index (χ1v) is 10.8. The molecular weight excluding hydrogens is 432 g/mol. The first kappa shape index (κ1) is 23.8. The predicted molar refractivity (Wildman–Crippen MR) is 121 cm³/mol. The Balaban J connectivity index is 1.69. The number of piperidine rings is 1. The maximum absolute atomic E-state index is 13.1. The van der Waals surface area contributed by atoms with Crippen LogP contribution in [0.25, 0.3) is 0 Å². The highest BCUT2D eigenvalue weighted by Crippen LogP contribution is 2.42. The molecule has 1 aliphatic rings. The minimum atomic E-state index is -1.15. The van der Waals surface area contributed by atoms with Crippen LogP contribution in [0, 0.1) is 5.41 Å². The van der Waals surface area contributed by atoms with Crippen LogP contribution >= 0.6 is 11.6 Å². The largest absolute Gasteiger partial charge is 0.478 e. The van der Waals surface area contributed by atoms with Crippen molar-refractivity contribution in [3.63, 3.8) is 0 Å². The number of rotatable bonds is 6. The van der Waals surface area contributed by atoms with Gasteiger partial charge in [-0.2, -0.15) is 0 Å². The highest BCUT2D eigenvalue weighted by Gasteiger charge is 2.40. The van der Waals surface area contributed by atoms with Gasteiger partial charge in [-0.15, -0.1) is 0 Å². The summed E-state index contributed by atoms with van der Waals surface area (Å²) in [6, 6.07) is 12.2. The van der Waals surface area contributed by atoms with E-state index in [0.29, 0.717) is 18.1 Å². The van der Waals surface area contributed by atoms with Gasteiger partial charge in [-0.05, 0) is 53.6 Å². The zero-order chi connectivity index (χ0) is 23.5. The molecule has 2 atom stereocenters. The fourth-order valence-corrected chi connectivity index (χ4v) is 4.42. The zero-order valence-corrected chi connectivity index (χ0v) is 18.8. The number of carboxylic acid groups (broad SMARTS) is 1. The van der Waals surface area contributed by atoms with Gasteiger partial charge in [0.15, 0.2) is 0 Å². The molecule has 1 heterocycles. The van der Waals surface area contributed by atoms with E-state index < -0.39 is 24.5 Å². The number of aliphatic hydroxyl groups excluding tert-OH is 1. The number of carboxylic acids is 1. The van der Waals surface area contributed by atoms with Crippen LogP contribution in [0.3, 0.4) is 0 Å². The zero-order valence-electron chi connectivity index (χ0n) is 18.0. The Morgan fingerprint density at radius 2 is 1.81 bits per heavy atom. The molecule has 0 spiro atoms. The van der Waals surface area contributed by atoms with Gasteiger partial charge in [0.25, 0.3) is 5.91 Å². The Kier molecular flexibility index (Phi) is 7.21. The van der Waals surface area contributed by atoms with E-state index >= 15 is 0 Å². The number of carbonyl (C=O) groups excluding carboxylic acids is 2. The standard InChI is InChI=1S/C24H27ClN2O5/c1-24(2)14-27(11-10-19(24)15-6-8-18(25)9-7-15)22(30)20(13-28)26-21(29)16-4-3-5-17(12-16)23(31)32/h3-9,12,19-20,28H,10-11,13-14H2,1-2H3,(H,26,29)(H,31,32)/t19?,20-/m1/s1. The molecule has 1 saturated heterocycles. The van der Waals surface area contributed by atoms with Crippen LogP contribution in [0.15, 0.2) is 48.5 Å². The Morgan fingerprint density at radius 3 is 2.41 bits per heavy atom. The van der Waals surface area contributed by atoms with Gasteiger partial charge in [-0.25, -0.2) is 4.79 Å². The minimum Gasteiger partial charge on any atom is -0.478 e. The van der Waals surface area contributed by atoms with Gasteiger partial charge < -0.3 is 20.4 Å². The second-order valence-electron chi connectivity index (χ2n) is 8.74. The summed E-state index contributed by atoms with van der Waals surface area (Å²) in [4.78, 5) is 38.5. The average molecular weight is 459 g/mol. The van der Waals surface area contributed by atoms with Gasteiger partial charge in [0.2, 0.25) is 5.91 Å². The van der Waals surface area contributed by atoms with Crippen LogP contribution in [0.2, 0.25) is 5.02 Å². The number of amides is 2. The number of hydrogen-bond donors (Lipinski definition) is 3. The number of aliphatic hydroxyl groups is 1. The highest BCUT2D eigenvalue weighted by atomic mass is 35.5. The molecule has 32 heavy (non-hydrogen) atoms. The molecule has 3 N–H and O–H groups in total. The number of hydrogen-bond acceptors (Lipinski definition) is 4. The van der Waals surface area contributed by atoms with Crippen molar-refractivity contribution >= 4 is 29.4 Å². The third-order valence-electron chi connectivity index (χ3n) is 5.97. The SMILES string of the molecule is CC1(C)CN(C(=O)[C@@H](CO)NC(=O)c2cccc(C(=O)O)c2)CCC1c1ccc(Cl)cc1. The highest BCUT2D eigenvalue weighted by molar-refractivity contribution is 6.30. The Hall–Kier alpha value is -2.90. The summed E-state index contributed by atoms with van der Waals surface area (Å²) in [7, 11) is 0. The summed E-state index contributed by atoms with van der Waals surface area (Å²) in [6.07, 6.45) is 0.743. The number of nitrogens with zero attached hydrogens (tertiary/aromatic N) is 1. The van der Waals surface area contributed by atoms with Crippen LogP contribution < -0.4 is 5.32 Å². The van der Waals surface area contributed by atoms with Crippen molar-refractivity contribution < 1.29 is 24.6 Å². The molecule has 2 aromatic rings. The fourth-order valence-electron chi connectivity index (χ4n) is 4.30. The number of carbonyl (C=O) groups is 3. The van der Waals surface area contributed by atoms with Gasteiger partial charge in [-0.3, -0.25) is 9.59 Å². The molecule has 0 radical (unpaired) electrons. The molecule has 0 saturated carbocycles. The Bertz CT molecular complexity index is 1010. The summed E-state index contributed by atoms with van der Waals surface area (Å²) in [5.41, 5.74) is 1.02. The Morgan fingerprint density at radius 1 is 1.16 bits per heavy atom. The van der Waals surface area contributed by atoms with E-state index in [1.807, 2.05) is 24.3 Å². The lowest BCUT2D eigenvalue weighted by Gasteiger charge is -2.45. The Labute approximate surface area is 192 Å². The number of halogens is 1. The number of likely N-dealkylation sites (tertiary alicyclic amines) is 1. The summed E-state index contributed by atoms with van der Waals surface area (Å²) in [5.74, 6) is -1.89. The summed E-state index contributed by atoms with van der Waals surface area (Å²) >= 11 is 6.01. The van der Waals surface area contributed by atoms with Gasteiger partial charge in [-0.1, -0.05) is 43.6 Å². The molecule has 2 amide bonds. The fraction of sp³-hybridized carbons (Fsp3) is 0.375. The summed E-state index contributed by atoms with van der Waals surface area (Å²) < 4.78 is 0. The van der Waals surface area contributed by atoms with E-state index in [1.54, 1.807) is 4.90 Å². The second-order valence-corrected chi connectivity index (χ2v) is 9.17. The monoisotopic (exact) mass is 458 g/mol. The molecule has 1 fully saturated rings. The number of benzene rings is 2. The third kappa shape index (κ3) is 5.29. The number of nitrogens with one attached hydrogen (secondary N) is 1. The first-order chi connectivity index (χ1) is 15.1. The maximum Gasteiger partial charge on any atom is 0.335 e. The van der Waals surface area contributed by atoms with Crippen molar-refractivity contribution in [2.75, 3.05) is 19.7 Å². The summed E-state index contributed by atoms with van der Waals surface area (Å²) in [6.45, 7) is 4.60. The van der Waals surface area contributed by atoms with Crippen molar-refractivity contribution in [3.8, 4) is 0 Å². The van der Waals surface area contributed by atoms with Crippen LogP contribution in [0.1, 0.15) is 52.5 Å². The molecule has 3 rings (SSSR count). The maximum atomic E-state index is 13.1. The van der Waals surface area contributed by atoms with Crippen LogP contribution in [-0.2, 0) is 4.79 Å². The second kappa shape index (κ2) is 9.71. The lowest BCUT2D eigenvalue weighted by Crippen LogP contribution is -2.55. The van der Waals surface area contributed by atoms with Crippen molar-refractivity contribution in [3.05, 3.63) is 70.2 Å². The van der Waals surface area contributed by atoms with Crippen molar-refractivity contribution in [2.24, 2.45) is 5.41 Å². The normalized spacial score (nSPS) is 18.6. The van der Waals surface area contributed by atoms with Crippen LogP contribution in [0.4, 0.5) is 0 Å². The van der Waals surface area contributed by atoms with E-state index in [9.17, 15) is 19.5 Å². The molecule has 8 heteroatoms. The van der Waals surface area contributed by atoms with Crippen LogP contribution in [-0.4, -0.2) is 58.6 Å². The molecule has 170 valence electrons. The van der Waals surface area contributed by atoms with Gasteiger partial charge in [0.05, 0.1) is 12.2 Å². The van der Waals surface area contributed by atoms with Crippen molar-refractivity contribution in [1.29, 1.82) is 0 Å². The molecule has 0 aliphatic carbocycles. The molecule has 2 aromatic carbocycles. The minimum absolute atomic E-state index is 0.0319. The third-order valence-corrected chi connectivity index (χ3v) is 6.22. The van der Waals surface area contributed by atoms with E-state index in [-0.39, 0.29) is 28.4 Å². The van der Waals surface area contributed by atoms with Gasteiger partial charge in [0, 0.05) is 23.7 Å². The van der Waals surface area contributed by atoms with Crippen molar-refractivity contribution in [1.82, 2.24) is 10.2 Å². The molecule has 1 unspecified atom stereocenters. The van der Waals surface area contributed by atoms with E-state index in [0.717, 1.165) is 12.0 Å².